The molecule has 0 amide bonds. The van der Waals surface area contributed by atoms with Crippen LogP contribution < -0.4 is 10.6 Å². The van der Waals surface area contributed by atoms with Crippen molar-refractivity contribution in [3.05, 3.63) is 48.0 Å². The molecule has 3 N–H and O–H groups in total. The number of rotatable bonds is 7. The van der Waals surface area contributed by atoms with E-state index in [-0.39, 0.29) is 5.92 Å². The molecule has 116 valence electrons. The van der Waals surface area contributed by atoms with E-state index in [0.29, 0.717) is 11.4 Å². The van der Waals surface area contributed by atoms with Gasteiger partial charge in [-0.3, -0.25) is 5.41 Å². The van der Waals surface area contributed by atoms with Gasteiger partial charge in [0, 0.05) is 18.4 Å². The molecule has 0 aromatic heterocycles. The van der Waals surface area contributed by atoms with E-state index in [1.54, 1.807) is 37.6 Å². The molecule has 0 saturated heterocycles. The summed E-state index contributed by atoms with van der Waals surface area (Å²) < 4.78 is 37.4. The van der Waals surface area contributed by atoms with Crippen molar-refractivity contribution in [2.45, 2.75) is 25.9 Å². The zero-order valence-electron chi connectivity index (χ0n) is 12.1. The first-order valence-electron chi connectivity index (χ1n) is 6.69. The van der Waals surface area contributed by atoms with Crippen LogP contribution in [0.3, 0.4) is 0 Å². The molecule has 21 heavy (non-hydrogen) atoms. The van der Waals surface area contributed by atoms with Crippen molar-refractivity contribution in [1.82, 2.24) is 10.6 Å². The maximum Gasteiger partial charge on any atom is 0.432 e. The second kappa shape index (κ2) is 7.71. The van der Waals surface area contributed by atoms with Gasteiger partial charge in [0.25, 0.3) is 0 Å². The predicted molar refractivity (Wildman–Crippen MR) is 78.8 cm³/mol. The fraction of sp³-hybridized carbons (Fsp3) is 0.400. The monoisotopic (exact) mass is 299 g/mol. The van der Waals surface area contributed by atoms with E-state index < -0.39 is 11.9 Å². The van der Waals surface area contributed by atoms with Gasteiger partial charge in [0.1, 0.15) is 5.71 Å². The van der Waals surface area contributed by atoms with E-state index in [0.717, 1.165) is 18.9 Å². The number of nitrogens with one attached hydrogen (secondary N) is 3. The van der Waals surface area contributed by atoms with Crippen molar-refractivity contribution < 1.29 is 13.2 Å². The van der Waals surface area contributed by atoms with Gasteiger partial charge in [0.15, 0.2) is 0 Å². The molecule has 0 heterocycles. The molecule has 0 bridgehead atoms. The third kappa shape index (κ3) is 6.33. The molecule has 0 unspecified atom stereocenters. The molecule has 1 fully saturated rings. The Morgan fingerprint density at radius 2 is 1.95 bits per heavy atom. The maximum atomic E-state index is 12.5. The average Bonchev–Trinajstić information content (AvgIpc) is 3.21. The van der Waals surface area contributed by atoms with Crippen LogP contribution in [0.25, 0.3) is 0 Å². The van der Waals surface area contributed by atoms with Crippen LogP contribution >= 0.6 is 0 Å². The molecule has 1 saturated carbocycles. The summed E-state index contributed by atoms with van der Waals surface area (Å²) in [6.45, 7) is 1.83. The maximum absolute atomic E-state index is 12.5. The SMILES string of the molecule is C\C=C/C(=C\C=C\NC)N/C(=C\C(=N)C(F)(F)F)C1CC1. The van der Waals surface area contributed by atoms with Crippen molar-refractivity contribution in [3.8, 4) is 0 Å². The van der Waals surface area contributed by atoms with Gasteiger partial charge in [-0.2, -0.15) is 13.2 Å². The van der Waals surface area contributed by atoms with Gasteiger partial charge in [-0.1, -0.05) is 6.08 Å². The Kier molecular flexibility index (Phi) is 6.27. The molecule has 6 heteroatoms. The number of allylic oxidation sites excluding steroid dienone is 6. The van der Waals surface area contributed by atoms with Crippen LogP contribution in [0.1, 0.15) is 19.8 Å². The van der Waals surface area contributed by atoms with Gasteiger partial charge < -0.3 is 10.6 Å². The van der Waals surface area contributed by atoms with Gasteiger partial charge in [-0.25, -0.2) is 0 Å². The molecule has 0 atom stereocenters. The minimum atomic E-state index is -4.61. The molecule has 1 aliphatic carbocycles. The van der Waals surface area contributed by atoms with E-state index in [1.807, 2.05) is 6.92 Å². The van der Waals surface area contributed by atoms with Crippen LogP contribution in [0.2, 0.25) is 0 Å². The zero-order chi connectivity index (χ0) is 15.9. The number of hydrogen-bond donors (Lipinski definition) is 3. The van der Waals surface area contributed by atoms with Crippen LogP contribution in [-0.4, -0.2) is 18.9 Å². The minimum absolute atomic E-state index is 0.0784. The van der Waals surface area contributed by atoms with Crippen LogP contribution in [0.4, 0.5) is 13.2 Å². The van der Waals surface area contributed by atoms with Crippen LogP contribution in [0.5, 0.6) is 0 Å². The highest BCUT2D eigenvalue weighted by molar-refractivity contribution is 5.97. The fourth-order valence-electron chi connectivity index (χ4n) is 1.62. The van der Waals surface area contributed by atoms with E-state index in [2.05, 4.69) is 10.6 Å². The zero-order valence-corrected chi connectivity index (χ0v) is 12.1. The third-order valence-electron chi connectivity index (χ3n) is 2.80. The molecule has 3 nitrogen and oxygen atoms in total. The fourth-order valence-corrected chi connectivity index (χ4v) is 1.62. The van der Waals surface area contributed by atoms with Crippen molar-refractivity contribution >= 4 is 5.71 Å². The van der Waals surface area contributed by atoms with Crippen LogP contribution in [0.15, 0.2) is 48.0 Å². The lowest BCUT2D eigenvalue weighted by Gasteiger charge is -2.12. The first-order valence-corrected chi connectivity index (χ1v) is 6.69. The highest BCUT2D eigenvalue weighted by Gasteiger charge is 2.35. The summed E-state index contributed by atoms with van der Waals surface area (Å²) >= 11 is 0. The Balaban J connectivity index is 2.90. The topological polar surface area (TPSA) is 47.9 Å². The molecule has 0 aliphatic heterocycles. The van der Waals surface area contributed by atoms with Crippen LogP contribution in [-0.2, 0) is 0 Å². The molecule has 0 aromatic carbocycles. The number of alkyl halides is 3. The normalized spacial score (nSPS) is 17.6. The molecule has 0 spiro atoms. The summed E-state index contributed by atoms with van der Waals surface area (Å²) in [5.74, 6) is 0.0784. The van der Waals surface area contributed by atoms with Gasteiger partial charge in [-0.15, -0.1) is 0 Å². The highest BCUT2D eigenvalue weighted by Crippen LogP contribution is 2.36. The van der Waals surface area contributed by atoms with E-state index in [1.165, 1.54) is 0 Å². The van der Waals surface area contributed by atoms with Crippen LogP contribution in [0, 0.1) is 11.3 Å². The molecule has 1 aliphatic rings. The standard InChI is InChI=1S/C15H20F3N3/c1-3-5-12(6-4-9-20-2)21-13(11-7-8-11)10-14(19)15(16,17)18/h3-6,9-11,19-21H,7-8H2,1-2H3/b5-3-,9-4+,12-6+,13-10-,19-14?. The predicted octanol–water partition coefficient (Wildman–Crippen LogP) is 3.65. The number of hydrogen-bond acceptors (Lipinski definition) is 3. The summed E-state index contributed by atoms with van der Waals surface area (Å²) in [6, 6.07) is 0. The largest absolute Gasteiger partial charge is 0.432 e. The molecule has 0 radical (unpaired) electrons. The van der Waals surface area contributed by atoms with Crippen molar-refractivity contribution in [3.63, 3.8) is 0 Å². The lowest BCUT2D eigenvalue weighted by molar-refractivity contribution is -0.0584. The van der Waals surface area contributed by atoms with Gasteiger partial charge >= 0.3 is 6.18 Å². The lowest BCUT2D eigenvalue weighted by Crippen LogP contribution is -2.23. The summed E-state index contributed by atoms with van der Waals surface area (Å²) in [6.07, 6.45) is 6.75. The van der Waals surface area contributed by atoms with Gasteiger partial charge in [0.2, 0.25) is 0 Å². The highest BCUT2D eigenvalue weighted by atomic mass is 19.4. The van der Waals surface area contributed by atoms with Crippen molar-refractivity contribution in [2.24, 2.45) is 5.92 Å². The van der Waals surface area contributed by atoms with E-state index >= 15 is 0 Å². The first-order chi connectivity index (χ1) is 9.88. The Morgan fingerprint density at radius 3 is 2.43 bits per heavy atom. The van der Waals surface area contributed by atoms with Crippen molar-refractivity contribution in [1.29, 1.82) is 5.41 Å². The summed E-state index contributed by atoms with van der Waals surface area (Å²) in [5.41, 5.74) is -0.209. The Bertz CT molecular complexity index is 481. The van der Waals surface area contributed by atoms with Gasteiger partial charge in [0.05, 0.1) is 0 Å². The Morgan fingerprint density at radius 1 is 1.29 bits per heavy atom. The molecular weight excluding hydrogens is 279 g/mol. The third-order valence-corrected chi connectivity index (χ3v) is 2.80. The molecule has 1 rings (SSSR count). The van der Waals surface area contributed by atoms with Crippen molar-refractivity contribution in [2.75, 3.05) is 7.05 Å². The smallest absolute Gasteiger partial charge is 0.394 e. The summed E-state index contributed by atoms with van der Waals surface area (Å²) in [7, 11) is 1.76. The summed E-state index contributed by atoms with van der Waals surface area (Å²) in [5, 5.41) is 12.9. The Labute approximate surface area is 122 Å². The Hall–Kier alpha value is -1.98. The molecule has 0 aromatic rings. The lowest BCUT2D eigenvalue weighted by atomic mass is 10.2. The second-order valence-electron chi connectivity index (χ2n) is 4.68. The van der Waals surface area contributed by atoms with Gasteiger partial charge in [-0.05, 0) is 56.2 Å². The van der Waals surface area contributed by atoms with E-state index in [9.17, 15) is 13.2 Å². The quantitative estimate of drug-likeness (QED) is 0.496. The summed E-state index contributed by atoms with van der Waals surface area (Å²) in [4.78, 5) is 0. The molecular formula is C15H20F3N3. The number of halogens is 3. The second-order valence-corrected chi connectivity index (χ2v) is 4.68. The van der Waals surface area contributed by atoms with E-state index in [4.69, 9.17) is 5.41 Å². The average molecular weight is 299 g/mol. The first kappa shape index (κ1) is 17.1. The minimum Gasteiger partial charge on any atom is -0.394 e.